The van der Waals surface area contributed by atoms with E-state index in [1.54, 1.807) is 23.9 Å². The van der Waals surface area contributed by atoms with E-state index in [9.17, 15) is 4.39 Å². The molecule has 6 heteroatoms. The smallest absolute Gasteiger partial charge is 0.143 e. The van der Waals surface area contributed by atoms with Crippen molar-refractivity contribution in [1.29, 1.82) is 0 Å². The van der Waals surface area contributed by atoms with E-state index in [0.717, 1.165) is 16.4 Å². The van der Waals surface area contributed by atoms with Gasteiger partial charge in [-0.05, 0) is 37.1 Å². The molecule has 1 aliphatic carbocycles. The molecular weight excluding hydrogens is 275 g/mol. The van der Waals surface area contributed by atoms with E-state index in [1.165, 1.54) is 25.0 Å². The largest absolute Gasteiger partial charge is 0.308 e. The molecule has 104 valence electrons. The molecule has 1 saturated carbocycles. The number of halogens is 1. The summed E-state index contributed by atoms with van der Waals surface area (Å²) >= 11 is 1.58. The number of benzene rings is 1. The van der Waals surface area contributed by atoms with E-state index < -0.39 is 0 Å². The van der Waals surface area contributed by atoms with Crippen molar-refractivity contribution in [2.45, 2.75) is 29.4 Å². The maximum absolute atomic E-state index is 12.8. The molecule has 0 amide bonds. The van der Waals surface area contributed by atoms with Gasteiger partial charge in [-0.3, -0.25) is 0 Å². The zero-order valence-corrected chi connectivity index (χ0v) is 11.7. The molecule has 0 radical (unpaired) electrons. The number of nitrogen functional groups attached to an aromatic ring is 1. The molecule has 1 fully saturated rings. The van der Waals surface area contributed by atoms with Gasteiger partial charge in [-0.1, -0.05) is 0 Å². The number of nitrogens with two attached hydrogens (primary N) is 1. The van der Waals surface area contributed by atoms with Gasteiger partial charge in [0.2, 0.25) is 0 Å². The fraction of sp³-hybridized carbons (Fsp3) is 0.286. The van der Waals surface area contributed by atoms with Crippen molar-refractivity contribution < 1.29 is 4.39 Å². The van der Waals surface area contributed by atoms with Crippen LogP contribution in [0.1, 0.15) is 30.3 Å². The summed E-state index contributed by atoms with van der Waals surface area (Å²) in [4.78, 5) is 9.92. The average molecular weight is 290 g/mol. The Kier molecular flexibility index (Phi) is 3.84. The summed E-state index contributed by atoms with van der Waals surface area (Å²) in [5, 5.41) is 0. The normalized spacial score (nSPS) is 14.3. The molecule has 1 aliphatic rings. The molecular formula is C14H15FN4S. The van der Waals surface area contributed by atoms with Gasteiger partial charge in [-0.2, -0.15) is 0 Å². The Morgan fingerprint density at radius 2 is 2.00 bits per heavy atom. The van der Waals surface area contributed by atoms with Crippen LogP contribution in [0.3, 0.4) is 0 Å². The molecule has 3 rings (SSSR count). The molecule has 1 heterocycles. The van der Waals surface area contributed by atoms with Gasteiger partial charge in [0, 0.05) is 22.6 Å². The summed E-state index contributed by atoms with van der Waals surface area (Å²) in [6.45, 7) is 0. The maximum Gasteiger partial charge on any atom is 0.143 e. The molecule has 3 N–H and O–H groups in total. The number of hydrogen-bond donors (Lipinski definition) is 2. The van der Waals surface area contributed by atoms with E-state index in [0.29, 0.717) is 17.5 Å². The molecule has 0 aliphatic heterocycles. The predicted octanol–water partition coefficient (Wildman–Crippen LogP) is 3.07. The summed E-state index contributed by atoms with van der Waals surface area (Å²) in [5.74, 6) is 7.81. The lowest BCUT2D eigenvalue weighted by Crippen LogP contribution is -2.11. The highest BCUT2D eigenvalue weighted by Crippen LogP contribution is 2.39. The van der Waals surface area contributed by atoms with Gasteiger partial charge < -0.3 is 5.43 Å². The lowest BCUT2D eigenvalue weighted by Gasteiger charge is -2.07. The van der Waals surface area contributed by atoms with Crippen LogP contribution >= 0.6 is 11.8 Å². The number of rotatable bonds is 5. The minimum atomic E-state index is -0.226. The molecule has 0 atom stereocenters. The van der Waals surface area contributed by atoms with Crippen LogP contribution in [0.25, 0.3) is 0 Å². The average Bonchev–Trinajstić information content (AvgIpc) is 3.31. The lowest BCUT2D eigenvalue weighted by molar-refractivity contribution is 0.626. The summed E-state index contributed by atoms with van der Waals surface area (Å²) in [6.07, 6.45) is 2.37. The molecule has 0 spiro atoms. The minimum Gasteiger partial charge on any atom is -0.308 e. The summed E-state index contributed by atoms with van der Waals surface area (Å²) in [5.41, 5.74) is 3.64. The summed E-state index contributed by atoms with van der Waals surface area (Å²) in [6, 6.07) is 8.33. The topological polar surface area (TPSA) is 63.8 Å². The van der Waals surface area contributed by atoms with Crippen LogP contribution in [0.5, 0.6) is 0 Å². The third-order valence-corrected chi connectivity index (χ3v) is 4.13. The van der Waals surface area contributed by atoms with Gasteiger partial charge in [0.25, 0.3) is 0 Å². The van der Waals surface area contributed by atoms with Crippen LogP contribution in [0.2, 0.25) is 0 Å². The Labute approximate surface area is 121 Å². The lowest BCUT2D eigenvalue weighted by atomic mass is 10.3. The maximum atomic E-state index is 12.8. The Balaban J connectivity index is 1.72. The van der Waals surface area contributed by atoms with Crippen LogP contribution in [-0.4, -0.2) is 9.97 Å². The van der Waals surface area contributed by atoms with E-state index in [-0.39, 0.29) is 5.82 Å². The molecule has 1 aromatic carbocycles. The highest BCUT2D eigenvalue weighted by Gasteiger charge is 2.26. The fourth-order valence-electron chi connectivity index (χ4n) is 1.92. The van der Waals surface area contributed by atoms with E-state index in [4.69, 9.17) is 5.84 Å². The van der Waals surface area contributed by atoms with Crippen molar-refractivity contribution in [3.05, 3.63) is 47.7 Å². The Morgan fingerprint density at radius 3 is 2.65 bits per heavy atom. The van der Waals surface area contributed by atoms with Gasteiger partial charge in [0.1, 0.15) is 17.5 Å². The monoisotopic (exact) mass is 290 g/mol. The van der Waals surface area contributed by atoms with Crippen molar-refractivity contribution in [3.8, 4) is 0 Å². The van der Waals surface area contributed by atoms with Crippen LogP contribution in [0.15, 0.2) is 35.2 Å². The highest BCUT2D eigenvalue weighted by molar-refractivity contribution is 7.98. The van der Waals surface area contributed by atoms with Crippen molar-refractivity contribution in [3.63, 3.8) is 0 Å². The first-order valence-corrected chi connectivity index (χ1v) is 7.46. The number of hydrazine groups is 1. The molecule has 1 aromatic heterocycles. The summed E-state index contributed by atoms with van der Waals surface area (Å²) < 4.78 is 12.8. The highest BCUT2D eigenvalue weighted by atomic mass is 32.2. The third-order valence-electron chi connectivity index (χ3n) is 3.12. The SMILES string of the molecule is NNc1cc(C2CC2)nc(CSc2ccc(F)cc2)n1. The minimum absolute atomic E-state index is 0.226. The molecule has 2 aromatic rings. The zero-order valence-electron chi connectivity index (χ0n) is 10.8. The van der Waals surface area contributed by atoms with Crippen LogP contribution < -0.4 is 11.3 Å². The van der Waals surface area contributed by atoms with Gasteiger partial charge in [0.05, 0.1) is 5.75 Å². The van der Waals surface area contributed by atoms with Crippen LogP contribution in [-0.2, 0) is 5.75 Å². The number of thioether (sulfide) groups is 1. The first kappa shape index (κ1) is 13.3. The van der Waals surface area contributed by atoms with Gasteiger partial charge >= 0.3 is 0 Å². The molecule has 0 bridgehead atoms. The predicted molar refractivity (Wildman–Crippen MR) is 77.8 cm³/mol. The van der Waals surface area contributed by atoms with E-state index in [1.807, 2.05) is 6.07 Å². The first-order chi connectivity index (χ1) is 9.74. The Hall–Kier alpha value is -1.66. The molecule has 4 nitrogen and oxygen atoms in total. The number of nitrogens with zero attached hydrogens (tertiary/aromatic N) is 2. The van der Waals surface area contributed by atoms with Crippen molar-refractivity contribution in [1.82, 2.24) is 9.97 Å². The van der Waals surface area contributed by atoms with Gasteiger partial charge in [-0.15, -0.1) is 11.8 Å². The van der Waals surface area contributed by atoms with Gasteiger partial charge in [0.15, 0.2) is 0 Å². The quantitative estimate of drug-likeness (QED) is 0.503. The second kappa shape index (κ2) is 5.76. The fourth-order valence-corrected chi connectivity index (χ4v) is 2.68. The third kappa shape index (κ3) is 3.26. The number of nitrogens with one attached hydrogen (secondary N) is 1. The van der Waals surface area contributed by atoms with Crippen molar-refractivity contribution in [2.24, 2.45) is 5.84 Å². The van der Waals surface area contributed by atoms with E-state index in [2.05, 4.69) is 15.4 Å². The molecule has 0 unspecified atom stereocenters. The van der Waals surface area contributed by atoms with Crippen molar-refractivity contribution in [2.75, 3.05) is 5.43 Å². The van der Waals surface area contributed by atoms with E-state index >= 15 is 0 Å². The zero-order chi connectivity index (χ0) is 13.9. The standard InChI is InChI=1S/C14H15FN4S/c15-10-3-5-11(6-4-10)20-8-14-17-12(9-1-2-9)7-13(18-14)19-16/h3-7,9H,1-2,8,16H2,(H,17,18,19). The number of aromatic nitrogens is 2. The molecule has 0 saturated heterocycles. The second-order valence-corrected chi connectivity index (χ2v) is 5.80. The first-order valence-electron chi connectivity index (χ1n) is 6.47. The van der Waals surface area contributed by atoms with Crippen molar-refractivity contribution >= 4 is 17.6 Å². The van der Waals surface area contributed by atoms with Crippen LogP contribution in [0.4, 0.5) is 10.2 Å². The number of hydrogen-bond acceptors (Lipinski definition) is 5. The van der Waals surface area contributed by atoms with Crippen LogP contribution in [0, 0.1) is 5.82 Å². The number of anilines is 1. The Bertz CT molecular complexity index is 599. The molecule has 20 heavy (non-hydrogen) atoms. The Morgan fingerprint density at radius 1 is 1.25 bits per heavy atom. The van der Waals surface area contributed by atoms with Gasteiger partial charge in [-0.25, -0.2) is 20.2 Å². The second-order valence-electron chi connectivity index (χ2n) is 4.76. The summed E-state index contributed by atoms with van der Waals surface area (Å²) in [7, 11) is 0.